The maximum absolute atomic E-state index is 13.0. The van der Waals surface area contributed by atoms with Gasteiger partial charge in [-0.1, -0.05) is 47.5 Å². The Kier molecular flexibility index (Phi) is 6.84. The van der Waals surface area contributed by atoms with Gasteiger partial charge in [-0.3, -0.25) is 9.71 Å². The maximum Gasteiger partial charge on any atom is 0.261 e. The molecule has 0 radical (unpaired) electrons. The highest BCUT2D eigenvalue weighted by molar-refractivity contribution is 7.92. The van der Waals surface area contributed by atoms with Gasteiger partial charge in [0.05, 0.1) is 27.4 Å². The number of ether oxygens (including phenoxy) is 1. The van der Waals surface area contributed by atoms with Crippen LogP contribution in [0.5, 0.6) is 11.5 Å². The normalized spacial score (nSPS) is 11.3. The Morgan fingerprint density at radius 1 is 0.892 bits per heavy atom. The van der Waals surface area contributed by atoms with Gasteiger partial charge in [-0.05, 0) is 48.9 Å². The molecule has 0 bridgehead atoms. The predicted molar refractivity (Wildman–Crippen MR) is 141 cm³/mol. The van der Waals surface area contributed by atoms with Gasteiger partial charge in [-0.2, -0.15) is 0 Å². The Balaban J connectivity index is 1.53. The molecule has 1 N–H and O–H groups in total. The fourth-order valence-electron chi connectivity index (χ4n) is 3.41. The van der Waals surface area contributed by atoms with Crippen molar-refractivity contribution in [3.05, 3.63) is 101 Å². The van der Waals surface area contributed by atoms with Crippen LogP contribution >= 0.6 is 23.2 Å². The summed E-state index contributed by atoms with van der Waals surface area (Å²) >= 11 is 12.2. The monoisotopic (exact) mass is 552 g/mol. The summed E-state index contributed by atoms with van der Waals surface area (Å²) in [5.41, 5.74) is 2.21. The lowest BCUT2D eigenvalue weighted by Crippen LogP contribution is -2.13. The summed E-state index contributed by atoms with van der Waals surface area (Å²) in [6, 6.07) is 20.1. The molecule has 8 nitrogen and oxygen atoms in total. The molecular weight excluding hydrogens is 535 g/mol. The molecule has 2 heterocycles. The number of aromatic nitrogens is 3. The topological polar surface area (TPSA) is 107 Å². The molecule has 3 aromatic carbocycles. The van der Waals surface area contributed by atoms with E-state index in [0.717, 1.165) is 11.1 Å². The highest BCUT2D eigenvalue weighted by Crippen LogP contribution is 2.37. The Hall–Kier alpha value is -3.92. The molecule has 11 heteroatoms. The lowest BCUT2D eigenvalue weighted by molar-refractivity contribution is 0.478. The van der Waals surface area contributed by atoms with Gasteiger partial charge in [0.2, 0.25) is 5.89 Å². The SMILES string of the molecule is Cc1ccc(S(=O)(=O)Nc2ccc(-c3nnc(-c4ccccc4)o3)c(Oc3cncc(Cl)c3)c2)cc1Cl. The highest BCUT2D eigenvalue weighted by atomic mass is 35.5. The van der Waals surface area contributed by atoms with E-state index in [-0.39, 0.29) is 22.2 Å². The van der Waals surface area contributed by atoms with E-state index in [2.05, 4.69) is 19.9 Å². The van der Waals surface area contributed by atoms with Gasteiger partial charge in [0.15, 0.2) is 0 Å². The molecule has 2 aromatic heterocycles. The van der Waals surface area contributed by atoms with Crippen LogP contribution < -0.4 is 9.46 Å². The van der Waals surface area contributed by atoms with Crippen LogP contribution in [0.1, 0.15) is 5.56 Å². The third kappa shape index (κ3) is 5.59. The van der Waals surface area contributed by atoms with Crippen LogP contribution in [0.15, 0.2) is 94.5 Å². The zero-order valence-corrected chi connectivity index (χ0v) is 21.6. The van der Waals surface area contributed by atoms with Crippen molar-refractivity contribution in [2.75, 3.05) is 4.72 Å². The van der Waals surface area contributed by atoms with Crippen LogP contribution in [0.4, 0.5) is 5.69 Å². The van der Waals surface area contributed by atoms with Gasteiger partial charge in [0.1, 0.15) is 11.5 Å². The molecule has 0 saturated carbocycles. The standard InChI is InChI=1S/C26H18Cl2N4O4S/c1-16-7-9-21(13-23(16)28)37(33,34)32-19-8-10-22(24(12-19)35-20-11-18(27)14-29-15-20)26-31-30-25(36-26)17-5-3-2-4-6-17/h2-15,32H,1H3. The quantitative estimate of drug-likeness (QED) is 0.231. The first kappa shape index (κ1) is 24.8. The largest absolute Gasteiger partial charge is 0.455 e. The van der Waals surface area contributed by atoms with Crippen molar-refractivity contribution in [1.82, 2.24) is 15.2 Å². The van der Waals surface area contributed by atoms with Gasteiger partial charge < -0.3 is 9.15 Å². The second kappa shape index (κ2) is 10.2. The van der Waals surface area contributed by atoms with Crippen LogP contribution in [-0.4, -0.2) is 23.6 Å². The molecule has 5 rings (SSSR count). The number of nitrogens with one attached hydrogen (secondary N) is 1. The third-order valence-electron chi connectivity index (χ3n) is 5.27. The first-order valence-corrected chi connectivity index (χ1v) is 13.1. The van der Waals surface area contributed by atoms with Crippen LogP contribution in [-0.2, 0) is 10.0 Å². The molecule has 0 saturated heterocycles. The molecular formula is C26H18Cl2N4O4S. The zero-order chi connectivity index (χ0) is 26.0. The molecule has 37 heavy (non-hydrogen) atoms. The molecule has 0 unspecified atom stereocenters. The van der Waals surface area contributed by atoms with Crippen LogP contribution in [0, 0.1) is 6.92 Å². The average molecular weight is 553 g/mol. The first-order valence-electron chi connectivity index (χ1n) is 10.9. The summed E-state index contributed by atoms with van der Waals surface area (Å²) in [4.78, 5) is 4.06. The number of rotatable bonds is 7. The number of halogens is 2. The van der Waals surface area contributed by atoms with Crippen molar-refractivity contribution in [3.8, 4) is 34.4 Å². The highest BCUT2D eigenvalue weighted by Gasteiger charge is 2.20. The van der Waals surface area contributed by atoms with Gasteiger partial charge in [-0.15, -0.1) is 10.2 Å². The molecule has 0 aliphatic carbocycles. The van der Waals surface area contributed by atoms with Gasteiger partial charge in [-0.25, -0.2) is 8.42 Å². The van der Waals surface area contributed by atoms with Crippen molar-refractivity contribution in [2.24, 2.45) is 0 Å². The summed E-state index contributed by atoms with van der Waals surface area (Å²) in [7, 11) is -3.93. The average Bonchev–Trinajstić information content (AvgIpc) is 3.36. The predicted octanol–water partition coefficient (Wildman–Crippen LogP) is 7.01. The molecule has 5 aromatic rings. The second-order valence-corrected chi connectivity index (χ2v) is 10.5. The van der Waals surface area contributed by atoms with E-state index in [0.29, 0.717) is 27.2 Å². The lowest BCUT2D eigenvalue weighted by atomic mass is 10.2. The van der Waals surface area contributed by atoms with E-state index in [1.54, 1.807) is 31.2 Å². The van der Waals surface area contributed by atoms with E-state index in [1.807, 2.05) is 30.3 Å². The fourth-order valence-corrected chi connectivity index (χ4v) is 4.89. The van der Waals surface area contributed by atoms with E-state index in [4.69, 9.17) is 32.4 Å². The number of aryl methyl sites for hydroxylation is 1. The zero-order valence-electron chi connectivity index (χ0n) is 19.2. The Morgan fingerprint density at radius 3 is 2.43 bits per heavy atom. The molecule has 0 fully saturated rings. The Morgan fingerprint density at radius 2 is 1.68 bits per heavy atom. The smallest absolute Gasteiger partial charge is 0.261 e. The minimum Gasteiger partial charge on any atom is -0.455 e. The molecule has 0 aliphatic rings. The van der Waals surface area contributed by atoms with Crippen molar-refractivity contribution in [2.45, 2.75) is 11.8 Å². The lowest BCUT2D eigenvalue weighted by Gasteiger charge is -2.13. The first-order chi connectivity index (χ1) is 17.8. The molecule has 0 amide bonds. The van der Waals surface area contributed by atoms with Crippen LogP contribution in [0.3, 0.4) is 0 Å². The number of benzene rings is 3. The number of hydrogen-bond acceptors (Lipinski definition) is 7. The summed E-state index contributed by atoms with van der Waals surface area (Å²) in [6.07, 6.45) is 2.95. The van der Waals surface area contributed by atoms with Crippen LogP contribution in [0.25, 0.3) is 22.9 Å². The molecule has 186 valence electrons. The number of anilines is 1. The van der Waals surface area contributed by atoms with Gasteiger partial charge in [0, 0.05) is 28.9 Å². The van der Waals surface area contributed by atoms with E-state index < -0.39 is 10.0 Å². The number of nitrogens with zero attached hydrogens (tertiary/aromatic N) is 3. The number of hydrogen-bond donors (Lipinski definition) is 1. The van der Waals surface area contributed by atoms with Crippen molar-refractivity contribution >= 4 is 38.9 Å². The Labute approximate surface area is 222 Å². The van der Waals surface area contributed by atoms with E-state index in [9.17, 15) is 8.42 Å². The number of sulfonamides is 1. The summed E-state index contributed by atoms with van der Waals surface area (Å²) < 4.78 is 40.5. The summed E-state index contributed by atoms with van der Waals surface area (Å²) in [6.45, 7) is 1.79. The van der Waals surface area contributed by atoms with Crippen molar-refractivity contribution in [1.29, 1.82) is 0 Å². The molecule has 0 aliphatic heterocycles. The minimum atomic E-state index is -3.93. The number of pyridine rings is 1. The second-order valence-electron chi connectivity index (χ2n) is 7.95. The van der Waals surface area contributed by atoms with Crippen molar-refractivity contribution < 1.29 is 17.6 Å². The maximum atomic E-state index is 13.0. The van der Waals surface area contributed by atoms with E-state index >= 15 is 0 Å². The molecule has 0 spiro atoms. The minimum absolute atomic E-state index is 0.0260. The van der Waals surface area contributed by atoms with Gasteiger partial charge >= 0.3 is 0 Å². The van der Waals surface area contributed by atoms with Crippen LogP contribution in [0.2, 0.25) is 10.0 Å². The molecule has 0 atom stereocenters. The van der Waals surface area contributed by atoms with Gasteiger partial charge in [0.25, 0.3) is 15.9 Å². The third-order valence-corrected chi connectivity index (χ3v) is 7.26. The Bertz CT molecular complexity index is 1690. The fraction of sp³-hybridized carbons (Fsp3) is 0.0385. The summed E-state index contributed by atoms with van der Waals surface area (Å²) in [5.74, 6) is 1.09. The summed E-state index contributed by atoms with van der Waals surface area (Å²) in [5, 5.41) is 9.01. The van der Waals surface area contributed by atoms with E-state index in [1.165, 1.54) is 30.6 Å². The van der Waals surface area contributed by atoms with Crippen molar-refractivity contribution in [3.63, 3.8) is 0 Å².